The van der Waals surface area contributed by atoms with Crippen LogP contribution < -0.4 is 5.32 Å². The third-order valence-corrected chi connectivity index (χ3v) is 3.69. The average Bonchev–Trinajstić information content (AvgIpc) is 2.17. The smallest absolute Gasteiger partial charge is 0.0546 e. The minimum Gasteiger partial charge on any atom is -0.393 e. The summed E-state index contributed by atoms with van der Waals surface area (Å²) >= 11 is 0. The number of aliphatic hydroxyl groups excluding tert-OH is 1. The van der Waals surface area contributed by atoms with Gasteiger partial charge in [-0.1, -0.05) is 0 Å². The Kier molecular flexibility index (Phi) is 3.42. The van der Waals surface area contributed by atoms with Crippen molar-refractivity contribution in [3.63, 3.8) is 0 Å². The van der Waals surface area contributed by atoms with Gasteiger partial charge in [-0.15, -0.1) is 0 Å². The third kappa shape index (κ3) is 2.47. The Balaban J connectivity index is 1.69. The maximum absolute atomic E-state index is 9.21. The van der Waals surface area contributed by atoms with E-state index in [0.29, 0.717) is 0 Å². The molecule has 2 rings (SSSR count). The Hall–Kier alpha value is -0.120. The maximum atomic E-state index is 9.21. The van der Waals surface area contributed by atoms with Gasteiger partial charge in [-0.25, -0.2) is 0 Å². The van der Waals surface area contributed by atoms with E-state index in [9.17, 15) is 5.11 Å². The highest BCUT2D eigenvalue weighted by atomic mass is 16.3. The number of hydrogen-bond acceptors (Lipinski definition) is 3. The van der Waals surface area contributed by atoms with Gasteiger partial charge in [0, 0.05) is 12.6 Å². The van der Waals surface area contributed by atoms with Crippen molar-refractivity contribution in [3.8, 4) is 0 Å². The van der Waals surface area contributed by atoms with Gasteiger partial charge >= 0.3 is 0 Å². The molecule has 0 aromatic rings. The van der Waals surface area contributed by atoms with Crippen molar-refractivity contribution in [2.75, 3.05) is 26.7 Å². The molecule has 0 radical (unpaired) electrons. The van der Waals surface area contributed by atoms with Crippen LogP contribution in [0.2, 0.25) is 0 Å². The van der Waals surface area contributed by atoms with Crippen molar-refractivity contribution in [2.24, 2.45) is 5.92 Å². The SMILES string of the molecule is CN(CC1CC(O)C1)C1CCNCC1. The number of nitrogens with zero attached hydrogens (tertiary/aromatic N) is 1. The minimum atomic E-state index is 0.00132. The molecule has 1 saturated carbocycles. The zero-order valence-corrected chi connectivity index (χ0v) is 9.08. The molecule has 2 fully saturated rings. The second kappa shape index (κ2) is 4.60. The van der Waals surface area contributed by atoms with E-state index in [0.717, 1.165) is 24.8 Å². The van der Waals surface area contributed by atoms with Crippen LogP contribution in [0.4, 0.5) is 0 Å². The van der Waals surface area contributed by atoms with Crippen LogP contribution in [0.15, 0.2) is 0 Å². The molecule has 0 spiro atoms. The first kappa shape index (κ1) is 10.4. The van der Waals surface area contributed by atoms with Gasteiger partial charge in [0.25, 0.3) is 0 Å². The molecule has 0 bridgehead atoms. The lowest BCUT2D eigenvalue weighted by Crippen LogP contribution is -2.45. The molecular formula is C11H22N2O. The predicted octanol–water partition coefficient (Wildman–Crippen LogP) is 0.441. The van der Waals surface area contributed by atoms with Gasteiger partial charge in [0.05, 0.1) is 6.10 Å². The fourth-order valence-corrected chi connectivity index (χ4v) is 2.65. The second-order valence-corrected chi connectivity index (χ2v) is 4.91. The van der Waals surface area contributed by atoms with E-state index < -0.39 is 0 Å². The maximum Gasteiger partial charge on any atom is 0.0546 e. The van der Waals surface area contributed by atoms with Gasteiger partial charge in [0.2, 0.25) is 0 Å². The van der Waals surface area contributed by atoms with Gasteiger partial charge in [-0.3, -0.25) is 0 Å². The Morgan fingerprint density at radius 2 is 1.93 bits per heavy atom. The first-order valence-electron chi connectivity index (χ1n) is 5.84. The zero-order valence-electron chi connectivity index (χ0n) is 9.08. The van der Waals surface area contributed by atoms with Crippen molar-refractivity contribution >= 4 is 0 Å². The molecule has 0 amide bonds. The third-order valence-electron chi connectivity index (χ3n) is 3.69. The van der Waals surface area contributed by atoms with Crippen LogP contribution in [0, 0.1) is 5.92 Å². The van der Waals surface area contributed by atoms with Crippen LogP contribution in [0.5, 0.6) is 0 Å². The van der Waals surface area contributed by atoms with Gasteiger partial charge in [0.15, 0.2) is 0 Å². The molecule has 3 heteroatoms. The summed E-state index contributed by atoms with van der Waals surface area (Å²) < 4.78 is 0. The van der Waals surface area contributed by atoms with Crippen LogP contribution in [0.25, 0.3) is 0 Å². The number of nitrogens with one attached hydrogen (secondary N) is 1. The van der Waals surface area contributed by atoms with E-state index in [1.165, 1.54) is 32.5 Å². The summed E-state index contributed by atoms with van der Waals surface area (Å²) in [4.78, 5) is 2.50. The molecule has 0 unspecified atom stereocenters. The van der Waals surface area contributed by atoms with Gasteiger partial charge in [0.1, 0.15) is 0 Å². The average molecular weight is 198 g/mol. The summed E-state index contributed by atoms with van der Waals surface area (Å²) in [6, 6.07) is 0.772. The van der Waals surface area contributed by atoms with E-state index in [1.807, 2.05) is 0 Å². The monoisotopic (exact) mass is 198 g/mol. The highest BCUT2D eigenvalue weighted by Gasteiger charge is 2.29. The first-order chi connectivity index (χ1) is 6.75. The number of piperidine rings is 1. The molecule has 0 aromatic heterocycles. The molecule has 2 aliphatic rings. The summed E-state index contributed by atoms with van der Waals surface area (Å²) in [5.74, 6) is 0.755. The highest BCUT2D eigenvalue weighted by molar-refractivity contribution is 4.83. The van der Waals surface area contributed by atoms with Crippen molar-refractivity contribution in [2.45, 2.75) is 37.8 Å². The molecule has 0 aromatic carbocycles. The van der Waals surface area contributed by atoms with Gasteiger partial charge < -0.3 is 15.3 Å². The number of rotatable bonds is 3. The topological polar surface area (TPSA) is 35.5 Å². The van der Waals surface area contributed by atoms with E-state index in [4.69, 9.17) is 0 Å². The second-order valence-electron chi connectivity index (χ2n) is 4.91. The fourth-order valence-electron chi connectivity index (χ4n) is 2.65. The van der Waals surface area contributed by atoms with Crippen molar-refractivity contribution in [3.05, 3.63) is 0 Å². The molecule has 14 heavy (non-hydrogen) atoms. The minimum absolute atomic E-state index is 0.00132. The van der Waals surface area contributed by atoms with Gasteiger partial charge in [-0.05, 0) is 51.7 Å². The molecule has 82 valence electrons. The number of hydrogen-bond donors (Lipinski definition) is 2. The Morgan fingerprint density at radius 1 is 1.29 bits per heavy atom. The Labute approximate surface area is 86.5 Å². The van der Waals surface area contributed by atoms with E-state index >= 15 is 0 Å². The van der Waals surface area contributed by atoms with Crippen molar-refractivity contribution < 1.29 is 5.11 Å². The molecular weight excluding hydrogens is 176 g/mol. The molecule has 2 N–H and O–H groups in total. The fraction of sp³-hybridized carbons (Fsp3) is 1.00. The molecule has 1 heterocycles. The van der Waals surface area contributed by atoms with Crippen LogP contribution in [-0.2, 0) is 0 Å². The zero-order chi connectivity index (χ0) is 9.97. The molecule has 1 aliphatic heterocycles. The normalized spacial score (nSPS) is 34.5. The summed E-state index contributed by atoms with van der Waals surface area (Å²) in [6.07, 6.45) is 4.61. The standard InChI is InChI=1S/C11H22N2O/c1-13(8-9-6-11(14)7-9)10-2-4-12-5-3-10/h9-12,14H,2-8H2,1H3. The summed E-state index contributed by atoms with van der Waals surface area (Å²) in [6.45, 7) is 3.52. The van der Waals surface area contributed by atoms with Crippen molar-refractivity contribution in [1.82, 2.24) is 10.2 Å². The van der Waals surface area contributed by atoms with Crippen LogP contribution >= 0.6 is 0 Å². The Bertz CT molecular complexity index is 174. The lowest BCUT2D eigenvalue weighted by molar-refractivity contribution is 0.0196. The lowest BCUT2D eigenvalue weighted by Gasteiger charge is -2.38. The van der Waals surface area contributed by atoms with Crippen LogP contribution in [0.1, 0.15) is 25.7 Å². The largest absolute Gasteiger partial charge is 0.393 e. The van der Waals surface area contributed by atoms with Crippen LogP contribution in [-0.4, -0.2) is 48.8 Å². The molecule has 0 atom stereocenters. The summed E-state index contributed by atoms with van der Waals surface area (Å²) in [7, 11) is 2.24. The van der Waals surface area contributed by atoms with E-state index in [1.54, 1.807) is 0 Å². The van der Waals surface area contributed by atoms with Crippen molar-refractivity contribution in [1.29, 1.82) is 0 Å². The lowest BCUT2D eigenvalue weighted by atomic mass is 9.82. The molecule has 3 nitrogen and oxygen atoms in total. The molecule has 1 aliphatic carbocycles. The van der Waals surface area contributed by atoms with Gasteiger partial charge in [-0.2, -0.15) is 0 Å². The summed E-state index contributed by atoms with van der Waals surface area (Å²) in [5, 5.41) is 12.6. The first-order valence-corrected chi connectivity index (χ1v) is 5.84. The quantitative estimate of drug-likeness (QED) is 0.691. The van der Waals surface area contributed by atoms with E-state index in [-0.39, 0.29) is 6.10 Å². The van der Waals surface area contributed by atoms with Crippen LogP contribution in [0.3, 0.4) is 0 Å². The Morgan fingerprint density at radius 3 is 2.50 bits per heavy atom. The predicted molar refractivity (Wildman–Crippen MR) is 57.3 cm³/mol. The molecule has 1 saturated heterocycles. The van der Waals surface area contributed by atoms with E-state index in [2.05, 4.69) is 17.3 Å². The summed E-state index contributed by atoms with van der Waals surface area (Å²) in [5.41, 5.74) is 0. The number of aliphatic hydroxyl groups is 1. The highest BCUT2D eigenvalue weighted by Crippen LogP contribution is 2.28.